The summed E-state index contributed by atoms with van der Waals surface area (Å²) in [7, 11) is -3.54. The Morgan fingerprint density at radius 3 is 2.26 bits per heavy atom. The van der Waals surface area contributed by atoms with Crippen LogP contribution in [-0.4, -0.2) is 32.6 Å². The van der Waals surface area contributed by atoms with Crippen molar-refractivity contribution < 1.29 is 17.9 Å². The molecular weight excluding hydrogens is 470 g/mol. The number of benzene rings is 3. The maximum absolute atomic E-state index is 12.5. The average molecular weight is 498 g/mol. The quantitative estimate of drug-likeness (QED) is 0.365. The highest BCUT2D eigenvalue weighted by atomic mass is 32.2. The SMILES string of the molecule is CCCNS(=O)(=O)c1ccc(NC(=S)NC(=O)c2ccc(OCCc3ccccc3)cc2)cc1. The number of sulfonamides is 1. The molecule has 0 aromatic heterocycles. The maximum Gasteiger partial charge on any atom is 0.257 e. The molecule has 0 aliphatic rings. The molecule has 0 heterocycles. The van der Waals surface area contributed by atoms with Crippen LogP contribution >= 0.6 is 12.2 Å². The van der Waals surface area contributed by atoms with Gasteiger partial charge in [-0.25, -0.2) is 13.1 Å². The Morgan fingerprint density at radius 1 is 0.941 bits per heavy atom. The third-order valence-corrected chi connectivity index (χ3v) is 6.49. The smallest absolute Gasteiger partial charge is 0.257 e. The van der Waals surface area contributed by atoms with Crippen molar-refractivity contribution in [3.05, 3.63) is 90.0 Å². The van der Waals surface area contributed by atoms with Crippen LogP contribution in [0, 0.1) is 0 Å². The number of rotatable bonds is 10. The molecule has 3 N–H and O–H groups in total. The molecule has 0 aliphatic carbocycles. The van der Waals surface area contributed by atoms with Crippen molar-refractivity contribution in [3.8, 4) is 5.75 Å². The molecular formula is C25H27N3O4S2. The van der Waals surface area contributed by atoms with Crippen molar-refractivity contribution in [3.63, 3.8) is 0 Å². The Bertz CT molecular complexity index is 1200. The largest absolute Gasteiger partial charge is 0.493 e. The first-order valence-corrected chi connectivity index (χ1v) is 12.8. The second-order valence-electron chi connectivity index (χ2n) is 7.44. The molecule has 0 atom stereocenters. The maximum atomic E-state index is 12.5. The number of hydrogen-bond donors (Lipinski definition) is 3. The number of carbonyl (C=O) groups is 1. The fourth-order valence-electron chi connectivity index (χ4n) is 3.01. The van der Waals surface area contributed by atoms with Crippen molar-refractivity contribution in [1.82, 2.24) is 10.0 Å². The minimum Gasteiger partial charge on any atom is -0.493 e. The first-order valence-electron chi connectivity index (χ1n) is 10.9. The molecule has 0 saturated heterocycles. The second-order valence-corrected chi connectivity index (χ2v) is 9.61. The number of amides is 1. The van der Waals surface area contributed by atoms with E-state index in [1.54, 1.807) is 36.4 Å². The third kappa shape index (κ3) is 7.65. The number of nitrogens with one attached hydrogen (secondary N) is 3. The van der Waals surface area contributed by atoms with Gasteiger partial charge < -0.3 is 10.1 Å². The van der Waals surface area contributed by atoms with Gasteiger partial charge in [-0.15, -0.1) is 0 Å². The number of ether oxygens (including phenoxy) is 1. The number of anilines is 1. The van der Waals surface area contributed by atoms with Gasteiger partial charge in [0.05, 0.1) is 11.5 Å². The van der Waals surface area contributed by atoms with Crippen molar-refractivity contribution >= 4 is 38.9 Å². The summed E-state index contributed by atoms with van der Waals surface area (Å²) in [5, 5.41) is 5.59. The molecule has 178 valence electrons. The molecule has 34 heavy (non-hydrogen) atoms. The van der Waals surface area contributed by atoms with Gasteiger partial charge in [-0.2, -0.15) is 0 Å². The van der Waals surface area contributed by atoms with Crippen LogP contribution in [0.4, 0.5) is 5.69 Å². The lowest BCUT2D eigenvalue weighted by molar-refractivity contribution is 0.0977. The van der Waals surface area contributed by atoms with Gasteiger partial charge in [-0.05, 0) is 72.7 Å². The van der Waals surface area contributed by atoms with Gasteiger partial charge in [-0.3, -0.25) is 10.1 Å². The van der Waals surface area contributed by atoms with Crippen LogP contribution in [0.2, 0.25) is 0 Å². The second kappa shape index (κ2) is 12.3. The lowest BCUT2D eigenvalue weighted by Gasteiger charge is -2.11. The zero-order chi connectivity index (χ0) is 24.4. The minimum atomic E-state index is -3.54. The summed E-state index contributed by atoms with van der Waals surface area (Å²) in [6, 6.07) is 23.0. The highest BCUT2D eigenvalue weighted by molar-refractivity contribution is 7.89. The van der Waals surface area contributed by atoms with Gasteiger partial charge in [-0.1, -0.05) is 37.3 Å². The van der Waals surface area contributed by atoms with Crippen LogP contribution in [0.15, 0.2) is 83.8 Å². The van der Waals surface area contributed by atoms with E-state index in [0.29, 0.717) is 36.6 Å². The van der Waals surface area contributed by atoms with Gasteiger partial charge >= 0.3 is 0 Å². The Morgan fingerprint density at radius 2 is 1.62 bits per heavy atom. The van der Waals surface area contributed by atoms with Gasteiger partial charge in [0.1, 0.15) is 5.75 Å². The van der Waals surface area contributed by atoms with Gasteiger partial charge in [0.25, 0.3) is 5.91 Å². The van der Waals surface area contributed by atoms with Crippen LogP contribution in [0.25, 0.3) is 0 Å². The number of thiocarbonyl (C=S) groups is 1. The molecule has 1 amide bonds. The van der Waals surface area contributed by atoms with Crippen LogP contribution in [0.5, 0.6) is 5.75 Å². The molecule has 9 heteroatoms. The lowest BCUT2D eigenvalue weighted by atomic mass is 10.2. The third-order valence-electron chi connectivity index (χ3n) is 4.81. The van der Waals surface area contributed by atoms with Crippen LogP contribution in [-0.2, 0) is 16.4 Å². The van der Waals surface area contributed by atoms with Crippen molar-refractivity contribution in [2.45, 2.75) is 24.7 Å². The molecule has 3 aromatic carbocycles. The first kappa shape index (κ1) is 25.4. The van der Waals surface area contributed by atoms with Crippen molar-refractivity contribution in [2.24, 2.45) is 0 Å². The fourth-order valence-corrected chi connectivity index (χ4v) is 4.35. The zero-order valence-electron chi connectivity index (χ0n) is 18.8. The van der Waals surface area contributed by atoms with Crippen LogP contribution < -0.4 is 20.1 Å². The Kier molecular flexibility index (Phi) is 9.15. The van der Waals surface area contributed by atoms with E-state index in [4.69, 9.17) is 17.0 Å². The molecule has 3 aromatic rings. The highest BCUT2D eigenvalue weighted by Gasteiger charge is 2.13. The van der Waals surface area contributed by atoms with E-state index < -0.39 is 10.0 Å². The Balaban J connectivity index is 1.48. The summed E-state index contributed by atoms with van der Waals surface area (Å²) in [6.45, 7) is 2.80. The van der Waals surface area contributed by atoms with E-state index in [9.17, 15) is 13.2 Å². The summed E-state index contributed by atoms with van der Waals surface area (Å²) in [5.74, 6) is 0.313. The average Bonchev–Trinajstić information content (AvgIpc) is 2.84. The minimum absolute atomic E-state index is 0.105. The standard InChI is InChI=1S/C25H27N3O4S2/c1-2-17-26-34(30,31)23-14-10-21(11-15-23)27-25(33)28-24(29)20-8-12-22(13-9-20)32-18-16-19-6-4-3-5-7-19/h3-15,26H,2,16-18H2,1H3,(H2,27,28,29,33). The molecule has 0 radical (unpaired) electrons. The molecule has 0 fully saturated rings. The monoisotopic (exact) mass is 497 g/mol. The molecule has 3 rings (SSSR count). The van der Waals surface area contributed by atoms with Crippen molar-refractivity contribution in [1.29, 1.82) is 0 Å². The summed E-state index contributed by atoms with van der Waals surface area (Å²) < 4.78 is 32.6. The molecule has 0 aliphatic heterocycles. The lowest BCUT2D eigenvalue weighted by Crippen LogP contribution is -2.34. The zero-order valence-corrected chi connectivity index (χ0v) is 20.4. The summed E-state index contributed by atoms with van der Waals surface area (Å²) in [6.07, 6.45) is 1.50. The topological polar surface area (TPSA) is 96.5 Å². The van der Waals surface area contributed by atoms with Crippen molar-refractivity contribution in [2.75, 3.05) is 18.5 Å². The molecule has 0 saturated carbocycles. The molecule has 7 nitrogen and oxygen atoms in total. The molecule has 0 spiro atoms. The summed E-state index contributed by atoms with van der Waals surface area (Å²) >= 11 is 5.21. The van der Waals surface area contributed by atoms with E-state index in [-0.39, 0.29) is 15.9 Å². The summed E-state index contributed by atoms with van der Waals surface area (Å²) in [4.78, 5) is 12.6. The molecule has 0 bridgehead atoms. The first-order chi connectivity index (χ1) is 16.4. The Hall–Kier alpha value is -3.27. The number of hydrogen-bond acceptors (Lipinski definition) is 5. The number of carbonyl (C=O) groups excluding carboxylic acids is 1. The van der Waals surface area contributed by atoms with Gasteiger partial charge in [0.15, 0.2) is 5.11 Å². The van der Waals surface area contributed by atoms with E-state index in [1.807, 2.05) is 25.1 Å². The van der Waals surface area contributed by atoms with E-state index >= 15 is 0 Å². The fraction of sp³-hybridized carbons (Fsp3) is 0.200. The van der Waals surface area contributed by atoms with Crippen LogP contribution in [0.1, 0.15) is 29.3 Å². The van der Waals surface area contributed by atoms with Crippen LogP contribution in [0.3, 0.4) is 0 Å². The predicted octanol–water partition coefficient (Wildman–Crippen LogP) is 4.12. The normalized spacial score (nSPS) is 11.0. The van der Waals surface area contributed by atoms with Gasteiger partial charge in [0, 0.05) is 24.2 Å². The summed E-state index contributed by atoms with van der Waals surface area (Å²) in [5.41, 5.74) is 2.19. The highest BCUT2D eigenvalue weighted by Crippen LogP contribution is 2.15. The molecule has 0 unspecified atom stereocenters. The van der Waals surface area contributed by atoms with Gasteiger partial charge in [0.2, 0.25) is 10.0 Å². The van der Waals surface area contributed by atoms with E-state index in [2.05, 4.69) is 27.5 Å². The van der Waals surface area contributed by atoms with E-state index in [0.717, 1.165) is 6.42 Å². The van der Waals surface area contributed by atoms with E-state index in [1.165, 1.54) is 17.7 Å². The Labute approximate surface area is 205 Å². The predicted molar refractivity (Wildman–Crippen MR) is 138 cm³/mol.